The first-order valence-electron chi connectivity index (χ1n) is 16.0. The minimum absolute atomic E-state index is 0.0577. The van der Waals surface area contributed by atoms with Crippen molar-refractivity contribution in [3.8, 4) is 16.9 Å². The summed E-state index contributed by atoms with van der Waals surface area (Å²) in [6.07, 6.45) is 6.73. The van der Waals surface area contributed by atoms with Gasteiger partial charge < -0.3 is 33.4 Å². The highest BCUT2D eigenvalue weighted by molar-refractivity contribution is 7.92. The highest BCUT2D eigenvalue weighted by Gasteiger charge is 2.33. The third-order valence-electron chi connectivity index (χ3n) is 8.23. The number of aromatic amines is 1. The third kappa shape index (κ3) is 8.62. The van der Waals surface area contributed by atoms with Crippen LogP contribution >= 0.6 is 0 Å². The molecule has 13 heteroatoms. The standard InChI is InChI=1S/C33H46N4O8S/c1-6-46(40,41)35-23-9-10-28(26(19-23)27-20-36(5)31(38)30-25(27)11-14-34-30)44-21-29(22-7-8-22)43-18-17-42-24-12-15-37(16-13-24)32(39)45-33(2,3)4/h9-11,14,19-20,22,24,29,34-35H,6-8,12-13,15-18,21H2,1-5H3. The normalized spacial score (nSPS) is 16.8. The number of hydrogen-bond donors (Lipinski definition) is 2. The van der Waals surface area contributed by atoms with Gasteiger partial charge in [-0.1, -0.05) is 0 Å². The van der Waals surface area contributed by atoms with Crippen molar-refractivity contribution < 1.29 is 32.2 Å². The molecule has 1 aromatic carbocycles. The number of carbonyl (C=O) groups excluding carboxylic acids is 1. The van der Waals surface area contributed by atoms with E-state index in [1.807, 2.05) is 26.8 Å². The van der Waals surface area contributed by atoms with E-state index in [4.69, 9.17) is 18.9 Å². The number of benzene rings is 1. The molecule has 12 nitrogen and oxygen atoms in total. The molecule has 252 valence electrons. The minimum atomic E-state index is -3.50. The van der Waals surface area contributed by atoms with Gasteiger partial charge in [-0.2, -0.15) is 0 Å². The van der Waals surface area contributed by atoms with E-state index < -0.39 is 15.6 Å². The molecule has 1 saturated carbocycles. The Kier molecular flexibility index (Phi) is 10.3. The fourth-order valence-electron chi connectivity index (χ4n) is 5.57. The number of amides is 1. The SMILES string of the molecule is CCS(=O)(=O)Nc1ccc(OCC(OCCOC2CCN(C(=O)OC(C)(C)C)CC2)C2CC2)c(-c2cn(C)c(=O)c3[nH]ccc23)c1. The Balaban J connectivity index is 1.22. The fourth-order valence-corrected chi connectivity index (χ4v) is 6.20. The number of fused-ring (bicyclic) bond motifs is 1. The van der Waals surface area contributed by atoms with E-state index in [-0.39, 0.29) is 29.6 Å². The molecule has 2 aromatic heterocycles. The second-order valence-electron chi connectivity index (χ2n) is 13.0. The Morgan fingerprint density at radius 3 is 2.50 bits per heavy atom. The molecule has 46 heavy (non-hydrogen) atoms. The smallest absolute Gasteiger partial charge is 0.410 e. The number of H-pyrrole nitrogens is 1. The zero-order valence-corrected chi connectivity index (χ0v) is 28.2. The van der Waals surface area contributed by atoms with Gasteiger partial charge in [0.1, 0.15) is 23.5 Å². The summed E-state index contributed by atoms with van der Waals surface area (Å²) in [6.45, 7) is 9.56. The molecule has 2 aliphatic rings. The summed E-state index contributed by atoms with van der Waals surface area (Å²) in [5.74, 6) is 0.894. The van der Waals surface area contributed by atoms with Crippen LogP contribution in [0.15, 0.2) is 41.5 Å². The summed E-state index contributed by atoms with van der Waals surface area (Å²) in [4.78, 5) is 29.8. The van der Waals surface area contributed by atoms with Crippen molar-refractivity contribution in [1.82, 2.24) is 14.5 Å². The molecule has 0 spiro atoms. The molecule has 0 radical (unpaired) electrons. The van der Waals surface area contributed by atoms with Gasteiger partial charge in [0.2, 0.25) is 10.0 Å². The highest BCUT2D eigenvalue weighted by atomic mass is 32.2. The second kappa shape index (κ2) is 14.1. The first-order chi connectivity index (χ1) is 21.8. The van der Waals surface area contributed by atoms with E-state index in [1.165, 1.54) is 4.57 Å². The van der Waals surface area contributed by atoms with Gasteiger partial charge in [-0.05, 0) is 83.6 Å². The summed E-state index contributed by atoms with van der Waals surface area (Å²) < 4.78 is 53.0. The van der Waals surface area contributed by atoms with Gasteiger partial charge in [0, 0.05) is 54.7 Å². The lowest BCUT2D eigenvalue weighted by Gasteiger charge is -2.33. The molecule has 1 aliphatic heterocycles. The molecule has 1 saturated heterocycles. The maximum Gasteiger partial charge on any atom is 0.410 e. The van der Waals surface area contributed by atoms with Gasteiger partial charge in [0.25, 0.3) is 5.56 Å². The van der Waals surface area contributed by atoms with E-state index in [1.54, 1.807) is 49.5 Å². The maximum atomic E-state index is 12.7. The Labute approximate surface area is 270 Å². The van der Waals surface area contributed by atoms with E-state index >= 15 is 0 Å². The molecule has 3 aromatic rings. The van der Waals surface area contributed by atoms with Crippen molar-refractivity contribution in [1.29, 1.82) is 0 Å². The number of pyridine rings is 1. The maximum absolute atomic E-state index is 12.7. The highest BCUT2D eigenvalue weighted by Crippen LogP contribution is 2.38. The fraction of sp³-hybridized carbons (Fsp3) is 0.576. The molecule has 1 aliphatic carbocycles. The Morgan fingerprint density at radius 1 is 1.09 bits per heavy atom. The number of sulfonamides is 1. The van der Waals surface area contributed by atoms with Crippen molar-refractivity contribution >= 4 is 32.7 Å². The molecule has 2 N–H and O–H groups in total. The van der Waals surface area contributed by atoms with Crippen molar-refractivity contribution in [3.05, 3.63) is 47.0 Å². The number of piperidine rings is 1. The van der Waals surface area contributed by atoms with Crippen LogP contribution in [0.5, 0.6) is 5.75 Å². The molecular weight excluding hydrogens is 612 g/mol. The van der Waals surface area contributed by atoms with Crippen LogP contribution in [0, 0.1) is 5.92 Å². The summed E-state index contributed by atoms with van der Waals surface area (Å²) in [5.41, 5.74) is 1.59. The lowest BCUT2D eigenvalue weighted by Crippen LogP contribution is -2.43. The number of nitrogens with one attached hydrogen (secondary N) is 2. The first-order valence-corrected chi connectivity index (χ1v) is 17.6. The topological polar surface area (TPSA) is 141 Å². The van der Waals surface area contributed by atoms with Crippen LogP contribution in [-0.4, -0.2) is 85.4 Å². The number of aromatic nitrogens is 2. The molecule has 3 heterocycles. The number of rotatable bonds is 13. The molecule has 1 amide bonds. The average Bonchev–Trinajstić information content (AvgIpc) is 3.73. The van der Waals surface area contributed by atoms with Gasteiger partial charge in [0.05, 0.1) is 31.2 Å². The van der Waals surface area contributed by atoms with E-state index in [2.05, 4.69) is 9.71 Å². The zero-order valence-electron chi connectivity index (χ0n) is 27.3. The third-order valence-corrected chi connectivity index (χ3v) is 9.54. The number of hydrogen-bond acceptors (Lipinski definition) is 8. The Hall–Kier alpha value is -3.55. The summed E-state index contributed by atoms with van der Waals surface area (Å²) >= 11 is 0. The second-order valence-corrected chi connectivity index (χ2v) is 15.0. The number of ether oxygens (including phenoxy) is 4. The number of anilines is 1. The first kappa shape index (κ1) is 33.8. The molecule has 2 fully saturated rings. The quantitative estimate of drug-likeness (QED) is 0.248. The van der Waals surface area contributed by atoms with Crippen LogP contribution < -0.4 is 15.0 Å². The van der Waals surface area contributed by atoms with Crippen LogP contribution in [0.3, 0.4) is 0 Å². The lowest BCUT2D eigenvalue weighted by atomic mass is 10.0. The van der Waals surface area contributed by atoms with E-state index in [0.717, 1.165) is 31.2 Å². The number of aryl methyl sites for hydroxylation is 1. The van der Waals surface area contributed by atoms with E-state index in [9.17, 15) is 18.0 Å². The van der Waals surface area contributed by atoms with Crippen molar-refractivity contribution in [2.24, 2.45) is 13.0 Å². The van der Waals surface area contributed by atoms with Gasteiger partial charge in [-0.25, -0.2) is 13.2 Å². The summed E-state index contributed by atoms with van der Waals surface area (Å²) in [7, 11) is -1.82. The van der Waals surface area contributed by atoms with Crippen molar-refractivity contribution in [2.45, 2.75) is 71.2 Å². The van der Waals surface area contributed by atoms with Gasteiger partial charge >= 0.3 is 6.09 Å². The molecule has 5 rings (SSSR count). The predicted molar refractivity (Wildman–Crippen MR) is 177 cm³/mol. The summed E-state index contributed by atoms with van der Waals surface area (Å²) in [5, 5.41) is 0.715. The van der Waals surface area contributed by atoms with Crippen LogP contribution in [0.2, 0.25) is 0 Å². The van der Waals surface area contributed by atoms with Crippen LogP contribution in [0.25, 0.3) is 22.0 Å². The average molecular weight is 659 g/mol. The van der Waals surface area contributed by atoms with Crippen molar-refractivity contribution in [3.63, 3.8) is 0 Å². The van der Waals surface area contributed by atoms with Gasteiger partial charge in [0.15, 0.2) is 0 Å². The summed E-state index contributed by atoms with van der Waals surface area (Å²) in [6, 6.07) is 7.00. The lowest BCUT2D eigenvalue weighted by molar-refractivity contribution is -0.0552. The van der Waals surface area contributed by atoms with Gasteiger partial charge in [-0.15, -0.1) is 0 Å². The molecule has 0 bridgehead atoms. The number of carbonyl (C=O) groups is 1. The predicted octanol–water partition coefficient (Wildman–Crippen LogP) is 4.89. The number of nitrogens with zero attached hydrogens (tertiary/aromatic N) is 2. The monoisotopic (exact) mass is 658 g/mol. The largest absolute Gasteiger partial charge is 0.490 e. The number of likely N-dealkylation sites (tertiary alicyclic amines) is 1. The minimum Gasteiger partial charge on any atom is -0.490 e. The molecule has 1 atom stereocenters. The van der Waals surface area contributed by atoms with Crippen LogP contribution in [0.1, 0.15) is 53.4 Å². The van der Waals surface area contributed by atoms with Crippen LogP contribution in [-0.2, 0) is 31.3 Å². The van der Waals surface area contributed by atoms with Crippen molar-refractivity contribution in [2.75, 3.05) is 43.4 Å². The van der Waals surface area contributed by atoms with E-state index in [0.29, 0.717) is 66.7 Å². The zero-order chi connectivity index (χ0) is 33.1. The van der Waals surface area contributed by atoms with Crippen LogP contribution in [0.4, 0.5) is 10.5 Å². The molecule has 1 unspecified atom stereocenters. The Morgan fingerprint density at radius 2 is 1.83 bits per heavy atom. The Bertz CT molecular complexity index is 1680. The van der Waals surface area contributed by atoms with Gasteiger partial charge in [-0.3, -0.25) is 9.52 Å². The molecular formula is C33H46N4O8S.